The highest BCUT2D eigenvalue weighted by Gasteiger charge is 2.20. The Hall–Kier alpha value is -4.69. The molecule has 0 N–H and O–H groups in total. The van der Waals surface area contributed by atoms with Crippen LogP contribution >= 0.6 is 0 Å². The third-order valence-corrected chi connectivity index (χ3v) is 6.77. The van der Waals surface area contributed by atoms with Crippen LogP contribution in [0.3, 0.4) is 0 Å². The summed E-state index contributed by atoms with van der Waals surface area (Å²) >= 11 is 0. The Morgan fingerprint density at radius 2 is 1.47 bits per heavy atom. The SMILES string of the molecule is N#Cc1cc(-n2c3c(c4ccncc42)C=CCC3)cc(-n2c3ccccc3c3ccncc32)c1. The van der Waals surface area contributed by atoms with E-state index in [9.17, 15) is 5.26 Å². The highest BCUT2D eigenvalue weighted by Crippen LogP contribution is 2.36. The van der Waals surface area contributed by atoms with Gasteiger partial charge in [0.05, 0.1) is 40.6 Å². The van der Waals surface area contributed by atoms with E-state index in [1.54, 1.807) is 0 Å². The molecule has 0 fully saturated rings. The Balaban J connectivity index is 1.57. The van der Waals surface area contributed by atoms with Crippen LogP contribution in [0.5, 0.6) is 0 Å². The van der Waals surface area contributed by atoms with E-state index in [0.29, 0.717) is 5.56 Å². The van der Waals surface area contributed by atoms with Crippen LogP contribution in [-0.2, 0) is 6.42 Å². The van der Waals surface area contributed by atoms with Gasteiger partial charge in [0.2, 0.25) is 0 Å². The van der Waals surface area contributed by atoms with Crippen molar-refractivity contribution in [2.24, 2.45) is 0 Å². The van der Waals surface area contributed by atoms with Crippen LogP contribution < -0.4 is 0 Å². The number of hydrogen-bond acceptors (Lipinski definition) is 3. The van der Waals surface area contributed by atoms with Gasteiger partial charge in [-0.2, -0.15) is 5.26 Å². The van der Waals surface area contributed by atoms with E-state index in [2.05, 4.69) is 73.7 Å². The maximum atomic E-state index is 9.96. The van der Waals surface area contributed by atoms with Gasteiger partial charge in [0.25, 0.3) is 0 Å². The number of fused-ring (bicyclic) bond motifs is 6. The predicted octanol–water partition coefficient (Wildman–Crippen LogP) is 6.35. The highest BCUT2D eigenvalue weighted by molar-refractivity contribution is 6.09. The van der Waals surface area contributed by atoms with Crippen molar-refractivity contribution >= 4 is 38.8 Å². The van der Waals surface area contributed by atoms with Crippen molar-refractivity contribution in [2.45, 2.75) is 12.8 Å². The van der Waals surface area contributed by atoms with Crippen molar-refractivity contribution in [2.75, 3.05) is 0 Å². The molecule has 0 saturated carbocycles. The average Bonchev–Trinajstić information content (AvgIpc) is 3.42. The lowest BCUT2D eigenvalue weighted by molar-refractivity contribution is 0.886. The molecule has 0 bridgehead atoms. The smallest absolute Gasteiger partial charge is 0.0993 e. The number of hydrogen-bond donors (Lipinski definition) is 0. The van der Waals surface area contributed by atoms with Crippen molar-refractivity contribution in [1.29, 1.82) is 5.26 Å². The van der Waals surface area contributed by atoms with Gasteiger partial charge in [0, 0.05) is 51.2 Å². The van der Waals surface area contributed by atoms with Crippen LogP contribution in [0.1, 0.15) is 23.2 Å². The van der Waals surface area contributed by atoms with Crippen LogP contribution in [0.25, 0.3) is 50.2 Å². The Morgan fingerprint density at radius 3 is 2.29 bits per heavy atom. The third-order valence-electron chi connectivity index (χ3n) is 6.77. The van der Waals surface area contributed by atoms with Crippen molar-refractivity contribution in [3.05, 3.63) is 102 Å². The second-order valence-electron chi connectivity index (χ2n) is 8.62. The number of allylic oxidation sites excluding steroid dienone is 1. The normalized spacial score (nSPS) is 12.9. The number of rotatable bonds is 2. The minimum absolute atomic E-state index is 0.619. The van der Waals surface area contributed by atoms with Gasteiger partial charge in [0.15, 0.2) is 0 Å². The molecule has 5 heteroatoms. The Labute approximate surface area is 195 Å². The second kappa shape index (κ2) is 7.16. The number of pyridine rings is 2. The fraction of sp³-hybridized carbons (Fsp3) is 0.0690. The molecule has 0 radical (unpaired) electrons. The number of nitrogens with zero attached hydrogens (tertiary/aromatic N) is 5. The van der Waals surface area contributed by atoms with Crippen molar-refractivity contribution in [3.63, 3.8) is 0 Å². The average molecular weight is 438 g/mol. The highest BCUT2D eigenvalue weighted by atomic mass is 15.0. The molecule has 4 aromatic heterocycles. The van der Waals surface area contributed by atoms with Gasteiger partial charge in [-0.25, -0.2) is 0 Å². The van der Waals surface area contributed by atoms with Gasteiger partial charge >= 0.3 is 0 Å². The lowest BCUT2D eigenvalue weighted by Gasteiger charge is -2.16. The molecule has 0 unspecified atom stereocenters. The molecule has 4 heterocycles. The van der Waals surface area contributed by atoms with Crippen molar-refractivity contribution < 1.29 is 0 Å². The third kappa shape index (κ3) is 2.60. The molecular formula is C29H19N5. The summed E-state index contributed by atoms with van der Waals surface area (Å²) in [5, 5.41) is 13.5. The van der Waals surface area contributed by atoms with Gasteiger partial charge in [0.1, 0.15) is 0 Å². The molecule has 0 amide bonds. The van der Waals surface area contributed by atoms with E-state index in [4.69, 9.17) is 0 Å². The molecule has 1 aliphatic carbocycles. The second-order valence-corrected chi connectivity index (χ2v) is 8.62. The standard InChI is InChI=1S/C29H19N5/c30-16-19-13-20(33-26-7-3-1-5-22(26)24-9-11-31-17-28(24)33)15-21(14-19)34-27-8-4-2-6-23(27)25-10-12-32-18-29(25)34/h1-3,5-7,9-15,17-18H,4,8H2. The zero-order chi connectivity index (χ0) is 22.6. The molecule has 1 aliphatic rings. The zero-order valence-electron chi connectivity index (χ0n) is 18.3. The van der Waals surface area contributed by atoms with Gasteiger partial charge in [-0.05, 0) is 49.2 Å². The lowest BCUT2D eigenvalue weighted by atomic mass is 10.0. The monoisotopic (exact) mass is 437 g/mol. The van der Waals surface area contributed by atoms with Gasteiger partial charge in [-0.1, -0.05) is 30.4 Å². The molecule has 5 nitrogen and oxygen atoms in total. The molecular weight excluding hydrogens is 418 g/mol. The fourth-order valence-electron chi connectivity index (χ4n) is 5.38. The van der Waals surface area contributed by atoms with Gasteiger partial charge in [-0.15, -0.1) is 0 Å². The Kier molecular flexibility index (Phi) is 3.97. The van der Waals surface area contributed by atoms with E-state index < -0.39 is 0 Å². The van der Waals surface area contributed by atoms with E-state index in [0.717, 1.165) is 46.2 Å². The van der Waals surface area contributed by atoms with E-state index in [1.165, 1.54) is 22.0 Å². The molecule has 34 heavy (non-hydrogen) atoms. The Bertz CT molecular complexity index is 1770. The van der Waals surface area contributed by atoms with Crippen LogP contribution in [-0.4, -0.2) is 19.1 Å². The minimum atomic E-state index is 0.619. The maximum Gasteiger partial charge on any atom is 0.0993 e. The molecule has 2 aromatic carbocycles. The molecule has 6 aromatic rings. The molecule has 0 saturated heterocycles. The summed E-state index contributed by atoms with van der Waals surface area (Å²) in [6, 6.07) is 21.0. The number of benzene rings is 2. The molecule has 7 rings (SSSR count). The predicted molar refractivity (Wildman–Crippen MR) is 135 cm³/mol. The summed E-state index contributed by atoms with van der Waals surface area (Å²) in [7, 11) is 0. The summed E-state index contributed by atoms with van der Waals surface area (Å²) in [4.78, 5) is 8.82. The van der Waals surface area contributed by atoms with E-state index in [1.807, 2.05) is 43.0 Å². The maximum absolute atomic E-state index is 9.96. The molecule has 0 spiro atoms. The quantitative estimate of drug-likeness (QED) is 0.317. The number of nitriles is 1. The topological polar surface area (TPSA) is 59.4 Å². The van der Waals surface area contributed by atoms with Gasteiger partial charge < -0.3 is 9.13 Å². The van der Waals surface area contributed by atoms with Gasteiger partial charge in [-0.3, -0.25) is 9.97 Å². The van der Waals surface area contributed by atoms with Crippen molar-refractivity contribution in [1.82, 2.24) is 19.1 Å². The van der Waals surface area contributed by atoms with E-state index in [-0.39, 0.29) is 0 Å². The molecule has 160 valence electrons. The lowest BCUT2D eigenvalue weighted by Crippen LogP contribution is -2.05. The summed E-state index contributed by atoms with van der Waals surface area (Å²) in [5.41, 5.74) is 8.21. The number of aromatic nitrogens is 4. The molecule has 0 aliphatic heterocycles. The van der Waals surface area contributed by atoms with Crippen LogP contribution in [0.4, 0.5) is 0 Å². The summed E-state index contributed by atoms with van der Waals surface area (Å²) in [5.74, 6) is 0. The molecule has 0 atom stereocenters. The first-order chi connectivity index (χ1) is 16.8. The van der Waals surface area contributed by atoms with E-state index >= 15 is 0 Å². The summed E-state index contributed by atoms with van der Waals surface area (Å²) in [6.07, 6.45) is 13.9. The summed E-state index contributed by atoms with van der Waals surface area (Å²) in [6.45, 7) is 0. The van der Waals surface area contributed by atoms with Crippen LogP contribution in [0.2, 0.25) is 0 Å². The number of para-hydroxylation sites is 1. The van der Waals surface area contributed by atoms with Crippen LogP contribution in [0, 0.1) is 11.3 Å². The zero-order valence-corrected chi connectivity index (χ0v) is 18.3. The first kappa shape index (κ1) is 18.8. The summed E-state index contributed by atoms with van der Waals surface area (Å²) < 4.78 is 4.48. The Morgan fingerprint density at radius 1 is 0.765 bits per heavy atom. The fourth-order valence-corrected chi connectivity index (χ4v) is 5.38. The van der Waals surface area contributed by atoms with Crippen molar-refractivity contribution in [3.8, 4) is 17.4 Å². The van der Waals surface area contributed by atoms with Crippen LogP contribution in [0.15, 0.2) is 85.5 Å². The first-order valence-corrected chi connectivity index (χ1v) is 11.4. The first-order valence-electron chi connectivity index (χ1n) is 11.4. The minimum Gasteiger partial charge on any atom is -0.311 e. The largest absolute Gasteiger partial charge is 0.311 e.